The van der Waals surface area contributed by atoms with Gasteiger partial charge in [0.25, 0.3) is 0 Å². The molecule has 144 valence electrons. The van der Waals surface area contributed by atoms with Crippen LogP contribution < -0.4 is 5.32 Å². The van der Waals surface area contributed by atoms with Gasteiger partial charge in [-0.1, -0.05) is 0 Å². The van der Waals surface area contributed by atoms with Crippen molar-refractivity contribution in [3.8, 4) is 11.3 Å². The summed E-state index contributed by atoms with van der Waals surface area (Å²) in [5, 5.41) is 7.02. The first-order chi connectivity index (χ1) is 13.0. The molecule has 1 N–H and O–H groups in total. The Kier molecular flexibility index (Phi) is 4.56. The van der Waals surface area contributed by atoms with Gasteiger partial charge in [-0.05, 0) is 12.1 Å². The van der Waals surface area contributed by atoms with Gasteiger partial charge < -0.3 is 14.4 Å². The number of rotatable bonds is 2. The maximum atomic E-state index is 14.0. The number of morpholine rings is 1. The average Bonchev–Trinajstić information content (AvgIpc) is 3.22. The number of carbonyl (C=O) groups is 1. The van der Waals surface area contributed by atoms with Crippen LogP contribution in [0.15, 0.2) is 24.3 Å². The summed E-state index contributed by atoms with van der Waals surface area (Å²) in [6.07, 6.45) is 0.760. The number of aromatic nitrogens is 2. The molecule has 7 nitrogen and oxygen atoms in total. The minimum absolute atomic E-state index is 0.168. The largest absolute Gasteiger partial charge is 0.378 e. The maximum Gasteiger partial charge on any atom is 0.323 e. The highest BCUT2D eigenvalue weighted by Crippen LogP contribution is 2.28. The van der Waals surface area contributed by atoms with Crippen LogP contribution in [-0.4, -0.2) is 59.2 Å². The molecule has 1 atom stereocenters. The van der Waals surface area contributed by atoms with E-state index in [4.69, 9.17) is 9.47 Å². The number of halogens is 2. The molecule has 2 aromatic rings. The lowest BCUT2D eigenvalue weighted by Crippen LogP contribution is -2.55. The third kappa shape index (κ3) is 3.52. The number of ether oxygens (including phenoxy) is 2. The zero-order valence-electron chi connectivity index (χ0n) is 14.9. The van der Waals surface area contributed by atoms with Crippen LogP contribution in [-0.2, 0) is 16.5 Å². The third-order valence-electron chi connectivity index (χ3n) is 4.92. The van der Waals surface area contributed by atoms with Gasteiger partial charge in [0.2, 0.25) is 0 Å². The van der Waals surface area contributed by atoms with Crippen molar-refractivity contribution >= 4 is 11.8 Å². The Morgan fingerprint density at radius 1 is 1.30 bits per heavy atom. The molecule has 1 aromatic carbocycles. The Balaban J connectivity index is 1.49. The quantitative estimate of drug-likeness (QED) is 0.871. The van der Waals surface area contributed by atoms with Gasteiger partial charge in [0.1, 0.15) is 23.1 Å². The molecule has 2 aliphatic heterocycles. The molecule has 1 spiro atoms. The molecule has 1 aromatic heterocycles. The predicted molar refractivity (Wildman–Crippen MR) is 93.3 cm³/mol. The summed E-state index contributed by atoms with van der Waals surface area (Å²) in [5.74, 6) is -0.942. The van der Waals surface area contributed by atoms with E-state index in [-0.39, 0.29) is 11.6 Å². The number of carbonyl (C=O) groups excluding carboxylic acids is 1. The number of amides is 2. The minimum Gasteiger partial charge on any atom is -0.378 e. The molecule has 2 saturated heterocycles. The Bertz CT molecular complexity index is 864. The number of hydrogen-bond acceptors (Lipinski definition) is 4. The van der Waals surface area contributed by atoms with Crippen molar-refractivity contribution in [1.82, 2.24) is 14.7 Å². The number of hydrogen-bond donors (Lipinski definition) is 1. The first-order valence-corrected chi connectivity index (χ1v) is 8.73. The highest BCUT2D eigenvalue weighted by Gasteiger charge is 2.41. The van der Waals surface area contributed by atoms with Crippen LogP contribution in [0.5, 0.6) is 0 Å². The second kappa shape index (κ2) is 6.90. The topological polar surface area (TPSA) is 68.6 Å². The molecule has 27 heavy (non-hydrogen) atoms. The van der Waals surface area contributed by atoms with Crippen molar-refractivity contribution in [3.05, 3.63) is 35.9 Å². The highest BCUT2D eigenvalue weighted by molar-refractivity contribution is 5.89. The van der Waals surface area contributed by atoms with Crippen LogP contribution in [0.2, 0.25) is 0 Å². The van der Waals surface area contributed by atoms with Gasteiger partial charge in [0.15, 0.2) is 0 Å². The van der Waals surface area contributed by atoms with E-state index in [1.165, 1.54) is 16.8 Å². The van der Waals surface area contributed by atoms with Crippen molar-refractivity contribution < 1.29 is 23.0 Å². The molecule has 0 radical (unpaired) electrons. The molecule has 2 amide bonds. The van der Waals surface area contributed by atoms with Crippen molar-refractivity contribution in [2.45, 2.75) is 12.0 Å². The fourth-order valence-electron chi connectivity index (χ4n) is 3.45. The Morgan fingerprint density at radius 2 is 2.15 bits per heavy atom. The minimum atomic E-state index is -0.706. The maximum absolute atomic E-state index is 14.0. The van der Waals surface area contributed by atoms with E-state index in [2.05, 4.69) is 10.4 Å². The van der Waals surface area contributed by atoms with Crippen LogP contribution in [0.3, 0.4) is 0 Å². The van der Waals surface area contributed by atoms with Crippen molar-refractivity contribution in [1.29, 1.82) is 0 Å². The van der Waals surface area contributed by atoms with E-state index in [0.717, 1.165) is 12.5 Å². The molecule has 1 unspecified atom stereocenters. The zero-order valence-corrected chi connectivity index (χ0v) is 14.9. The van der Waals surface area contributed by atoms with Gasteiger partial charge in [-0.3, -0.25) is 10.00 Å². The first kappa shape index (κ1) is 17.9. The monoisotopic (exact) mass is 378 g/mol. The molecular formula is C18H20F2N4O3. The van der Waals surface area contributed by atoms with Crippen molar-refractivity contribution in [3.63, 3.8) is 0 Å². The zero-order chi connectivity index (χ0) is 19.0. The molecule has 4 rings (SSSR count). The lowest BCUT2D eigenvalue weighted by atomic mass is 10.0. The van der Waals surface area contributed by atoms with Crippen LogP contribution in [0.1, 0.15) is 6.42 Å². The fraction of sp³-hybridized carbons (Fsp3) is 0.444. The molecule has 0 saturated carbocycles. The Morgan fingerprint density at radius 3 is 2.89 bits per heavy atom. The standard InChI is InChI=1S/C18H20F2N4O3/c1-23-16(9-15(22-23)13-3-2-12(19)8-14(13)20)21-17(25)24-5-7-27-18(10-24)4-6-26-11-18/h2-3,8-9H,4-7,10-11H2,1H3,(H,21,25). The van der Waals surface area contributed by atoms with E-state index < -0.39 is 17.2 Å². The Hall–Kier alpha value is -2.52. The van der Waals surface area contributed by atoms with Crippen LogP contribution in [0, 0.1) is 11.6 Å². The smallest absolute Gasteiger partial charge is 0.323 e. The lowest BCUT2D eigenvalue weighted by Gasteiger charge is -2.39. The number of aryl methyl sites for hydroxylation is 1. The van der Waals surface area contributed by atoms with Crippen molar-refractivity contribution in [2.75, 3.05) is 38.2 Å². The lowest BCUT2D eigenvalue weighted by molar-refractivity contribution is -0.0964. The molecule has 3 heterocycles. The SMILES string of the molecule is Cn1nc(-c2ccc(F)cc2F)cc1NC(=O)N1CCOC2(CCOC2)C1. The van der Waals surface area contributed by atoms with E-state index in [0.29, 0.717) is 44.4 Å². The summed E-state index contributed by atoms with van der Waals surface area (Å²) in [7, 11) is 1.64. The second-order valence-corrected chi connectivity index (χ2v) is 6.85. The van der Waals surface area contributed by atoms with Crippen molar-refractivity contribution in [2.24, 2.45) is 7.05 Å². The first-order valence-electron chi connectivity index (χ1n) is 8.73. The highest BCUT2D eigenvalue weighted by atomic mass is 19.1. The third-order valence-corrected chi connectivity index (χ3v) is 4.92. The molecule has 9 heteroatoms. The van der Waals surface area contributed by atoms with E-state index in [9.17, 15) is 13.6 Å². The van der Waals surface area contributed by atoms with Gasteiger partial charge in [-0.2, -0.15) is 5.10 Å². The summed E-state index contributed by atoms with van der Waals surface area (Å²) >= 11 is 0. The summed E-state index contributed by atoms with van der Waals surface area (Å²) in [6, 6.07) is 4.58. The predicted octanol–water partition coefficient (Wildman–Crippen LogP) is 2.39. The normalized spacial score (nSPS) is 22.4. The van der Waals surface area contributed by atoms with Crippen LogP contribution in [0.25, 0.3) is 11.3 Å². The van der Waals surface area contributed by atoms with Gasteiger partial charge in [0.05, 0.1) is 25.5 Å². The summed E-state index contributed by atoms with van der Waals surface area (Å²) in [6.45, 7) is 2.50. The van der Waals surface area contributed by atoms with Gasteiger partial charge in [0, 0.05) is 44.3 Å². The van der Waals surface area contributed by atoms with Crippen LogP contribution >= 0.6 is 0 Å². The number of nitrogens with one attached hydrogen (secondary N) is 1. The summed E-state index contributed by atoms with van der Waals surface area (Å²) in [5.41, 5.74) is 0.0543. The molecule has 0 bridgehead atoms. The van der Waals surface area contributed by atoms with E-state index in [1.807, 2.05) is 0 Å². The molecule has 2 fully saturated rings. The van der Waals surface area contributed by atoms with Gasteiger partial charge in [-0.25, -0.2) is 13.6 Å². The number of urea groups is 1. The number of anilines is 1. The summed E-state index contributed by atoms with van der Waals surface area (Å²) < 4.78 is 39.8. The van der Waals surface area contributed by atoms with Gasteiger partial charge >= 0.3 is 6.03 Å². The average molecular weight is 378 g/mol. The number of benzene rings is 1. The van der Waals surface area contributed by atoms with Crippen LogP contribution in [0.4, 0.5) is 19.4 Å². The van der Waals surface area contributed by atoms with Gasteiger partial charge in [-0.15, -0.1) is 0 Å². The summed E-state index contributed by atoms with van der Waals surface area (Å²) in [4.78, 5) is 14.4. The second-order valence-electron chi connectivity index (χ2n) is 6.85. The molecule has 2 aliphatic rings. The molecular weight excluding hydrogens is 358 g/mol. The molecule has 0 aliphatic carbocycles. The fourth-order valence-corrected chi connectivity index (χ4v) is 3.45. The number of nitrogens with zero attached hydrogens (tertiary/aromatic N) is 3. The Labute approximate surface area is 154 Å². The van der Waals surface area contributed by atoms with E-state index in [1.54, 1.807) is 18.0 Å². The van der Waals surface area contributed by atoms with E-state index >= 15 is 0 Å².